The highest BCUT2D eigenvalue weighted by Crippen LogP contribution is 2.32. The van der Waals surface area contributed by atoms with E-state index in [-0.39, 0.29) is 30.4 Å². The van der Waals surface area contributed by atoms with E-state index >= 15 is 0 Å². The summed E-state index contributed by atoms with van der Waals surface area (Å²) in [4.78, 5) is 11.4. The van der Waals surface area contributed by atoms with Crippen LogP contribution >= 0.6 is 0 Å². The minimum atomic E-state index is -1.06. The van der Waals surface area contributed by atoms with Crippen LogP contribution in [-0.4, -0.2) is 42.5 Å². The van der Waals surface area contributed by atoms with Gasteiger partial charge in [-0.1, -0.05) is 24.3 Å². The lowest BCUT2D eigenvalue weighted by atomic mass is 9.88. The standard InChI is InChI=1S/C29H39F2NO4/c1-4-35-27(34)12-8-5-9-20-15-25(30)28(31)26(16-20)36-19-24(33)18-32-29(2,3)17-21-13-22-10-6-7-11-23(22)14-21/h6-7,10-11,15-16,21,24,32-33H,4-5,8-9,12-14,17-19H2,1-3H3/t24-/m1/s1. The van der Waals surface area contributed by atoms with E-state index in [2.05, 4.69) is 43.4 Å². The smallest absolute Gasteiger partial charge is 0.305 e. The highest BCUT2D eigenvalue weighted by Gasteiger charge is 2.28. The van der Waals surface area contributed by atoms with E-state index in [0.717, 1.165) is 25.3 Å². The van der Waals surface area contributed by atoms with Crippen LogP contribution in [0.5, 0.6) is 5.75 Å². The second kappa shape index (κ2) is 13.2. The Hall–Kier alpha value is -2.51. The molecule has 2 aromatic rings. The van der Waals surface area contributed by atoms with Crippen molar-refractivity contribution in [1.82, 2.24) is 5.32 Å². The van der Waals surface area contributed by atoms with Crippen molar-refractivity contribution in [2.75, 3.05) is 19.8 Å². The lowest BCUT2D eigenvalue weighted by Crippen LogP contribution is -2.46. The molecule has 1 aliphatic carbocycles. The van der Waals surface area contributed by atoms with Crippen molar-refractivity contribution >= 4 is 5.97 Å². The summed E-state index contributed by atoms with van der Waals surface area (Å²) in [5, 5.41) is 13.8. The molecule has 0 aliphatic heterocycles. The number of hydrogen-bond donors (Lipinski definition) is 2. The van der Waals surface area contributed by atoms with Gasteiger partial charge in [-0.15, -0.1) is 0 Å². The number of carbonyl (C=O) groups is 1. The molecule has 0 heterocycles. The molecular weight excluding hydrogens is 464 g/mol. The molecule has 36 heavy (non-hydrogen) atoms. The Bertz CT molecular complexity index is 986. The predicted molar refractivity (Wildman–Crippen MR) is 136 cm³/mol. The molecule has 0 unspecified atom stereocenters. The van der Waals surface area contributed by atoms with Crippen LogP contribution in [0.1, 0.15) is 63.1 Å². The number of halogens is 2. The zero-order valence-corrected chi connectivity index (χ0v) is 21.6. The average Bonchev–Trinajstić information content (AvgIpc) is 3.23. The Morgan fingerprint density at radius 1 is 1.17 bits per heavy atom. The largest absolute Gasteiger partial charge is 0.488 e. The fraction of sp³-hybridized carbons (Fsp3) is 0.552. The molecule has 2 aromatic carbocycles. The molecular formula is C29H39F2NO4. The van der Waals surface area contributed by atoms with Crippen molar-refractivity contribution in [2.45, 2.75) is 77.4 Å². The molecule has 0 saturated carbocycles. The second-order valence-corrected chi connectivity index (χ2v) is 10.4. The highest BCUT2D eigenvalue weighted by atomic mass is 19.2. The molecule has 0 bridgehead atoms. The number of fused-ring (bicyclic) bond motifs is 1. The fourth-order valence-electron chi connectivity index (χ4n) is 4.93. The van der Waals surface area contributed by atoms with Crippen molar-refractivity contribution in [3.63, 3.8) is 0 Å². The quantitative estimate of drug-likeness (QED) is 0.276. The first kappa shape index (κ1) is 28.1. The molecule has 3 rings (SSSR count). The number of aliphatic hydroxyl groups excluding tert-OH is 1. The molecule has 0 saturated heterocycles. The number of carbonyl (C=O) groups excluding carboxylic acids is 1. The van der Waals surface area contributed by atoms with Gasteiger partial charge in [0, 0.05) is 18.5 Å². The topological polar surface area (TPSA) is 67.8 Å². The van der Waals surface area contributed by atoms with Gasteiger partial charge in [0.1, 0.15) is 12.7 Å². The van der Waals surface area contributed by atoms with Gasteiger partial charge in [0.2, 0.25) is 5.82 Å². The number of unbranched alkanes of at least 4 members (excludes halogenated alkanes) is 1. The molecule has 1 atom stereocenters. The Kier molecular flexibility index (Phi) is 10.3. The molecule has 1 aliphatic rings. The van der Waals surface area contributed by atoms with Crippen molar-refractivity contribution < 1.29 is 28.2 Å². The van der Waals surface area contributed by atoms with Crippen molar-refractivity contribution in [2.24, 2.45) is 5.92 Å². The van der Waals surface area contributed by atoms with Gasteiger partial charge < -0.3 is 19.9 Å². The summed E-state index contributed by atoms with van der Waals surface area (Å²) in [6.45, 7) is 6.46. The van der Waals surface area contributed by atoms with Crippen LogP contribution in [0.15, 0.2) is 36.4 Å². The van der Waals surface area contributed by atoms with Gasteiger partial charge in [0.15, 0.2) is 11.6 Å². The number of benzene rings is 2. The zero-order valence-electron chi connectivity index (χ0n) is 21.6. The van der Waals surface area contributed by atoms with Crippen LogP contribution in [0.4, 0.5) is 8.78 Å². The van der Waals surface area contributed by atoms with Gasteiger partial charge in [0.25, 0.3) is 0 Å². The molecule has 198 valence electrons. The third kappa shape index (κ3) is 8.56. The number of hydrogen-bond acceptors (Lipinski definition) is 5. The highest BCUT2D eigenvalue weighted by molar-refractivity contribution is 5.69. The molecule has 0 amide bonds. The Balaban J connectivity index is 1.43. The normalized spacial score (nSPS) is 14.5. The summed E-state index contributed by atoms with van der Waals surface area (Å²) in [5.74, 6) is -1.97. The van der Waals surface area contributed by atoms with E-state index in [1.54, 1.807) is 6.92 Å². The van der Waals surface area contributed by atoms with Gasteiger partial charge in [-0.05, 0) is 94.0 Å². The van der Waals surface area contributed by atoms with Crippen LogP contribution < -0.4 is 10.1 Å². The molecule has 0 spiro atoms. The Labute approximate surface area is 213 Å². The third-order valence-electron chi connectivity index (χ3n) is 6.64. The van der Waals surface area contributed by atoms with Crippen LogP contribution in [0, 0.1) is 17.6 Å². The number of nitrogens with one attached hydrogen (secondary N) is 1. The van der Waals surface area contributed by atoms with Gasteiger partial charge >= 0.3 is 5.97 Å². The van der Waals surface area contributed by atoms with Gasteiger partial charge in [0.05, 0.1) is 6.61 Å². The van der Waals surface area contributed by atoms with Crippen LogP contribution in [0.2, 0.25) is 0 Å². The Morgan fingerprint density at radius 3 is 2.53 bits per heavy atom. The number of aliphatic hydroxyl groups is 1. The molecule has 0 radical (unpaired) electrons. The number of esters is 1. The Morgan fingerprint density at radius 2 is 1.86 bits per heavy atom. The van der Waals surface area contributed by atoms with Crippen molar-refractivity contribution in [1.29, 1.82) is 0 Å². The van der Waals surface area contributed by atoms with Crippen molar-refractivity contribution in [3.05, 3.63) is 64.7 Å². The summed E-state index contributed by atoms with van der Waals surface area (Å²) in [5.41, 5.74) is 3.23. The monoisotopic (exact) mass is 503 g/mol. The summed E-state index contributed by atoms with van der Waals surface area (Å²) >= 11 is 0. The summed E-state index contributed by atoms with van der Waals surface area (Å²) in [7, 11) is 0. The molecule has 2 N–H and O–H groups in total. The van der Waals surface area contributed by atoms with Crippen LogP contribution in [-0.2, 0) is 28.8 Å². The van der Waals surface area contributed by atoms with E-state index in [0.29, 0.717) is 43.8 Å². The van der Waals surface area contributed by atoms with Gasteiger partial charge in [-0.3, -0.25) is 4.79 Å². The maximum atomic E-state index is 14.3. The lowest BCUT2D eigenvalue weighted by molar-refractivity contribution is -0.143. The summed E-state index contributed by atoms with van der Waals surface area (Å²) in [6, 6.07) is 11.2. The predicted octanol–water partition coefficient (Wildman–Crippen LogP) is 5.15. The molecule has 7 heteroatoms. The summed E-state index contributed by atoms with van der Waals surface area (Å²) < 4.78 is 38.7. The van der Waals surface area contributed by atoms with E-state index in [4.69, 9.17) is 9.47 Å². The molecule has 5 nitrogen and oxygen atoms in total. The van der Waals surface area contributed by atoms with E-state index in [1.807, 2.05) is 0 Å². The number of aryl methyl sites for hydroxylation is 1. The van der Waals surface area contributed by atoms with E-state index < -0.39 is 17.7 Å². The van der Waals surface area contributed by atoms with Gasteiger partial charge in [-0.2, -0.15) is 4.39 Å². The van der Waals surface area contributed by atoms with Crippen molar-refractivity contribution in [3.8, 4) is 5.75 Å². The third-order valence-corrected chi connectivity index (χ3v) is 6.64. The minimum Gasteiger partial charge on any atom is -0.488 e. The number of rotatable bonds is 14. The molecule has 0 fully saturated rings. The fourth-order valence-corrected chi connectivity index (χ4v) is 4.93. The lowest BCUT2D eigenvalue weighted by Gasteiger charge is -2.30. The first-order chi connectivity index (χ1) is 17.2. The zero-order chi connectivity index (χ0) is 26.1. The minimum absolute atomic E-state index is 0.152. The van der Waals surface area contributed by atoms with E-state index in [1.165, 1.54) is 17.2 Å². The van der Waals surface area contributed by atoms with Gasteiger partial charge in [-0.25, -0.2) is 4.39 Å². The summed E-state index contributed by atoms with van der Waals surface area (Å²) in [6.07, 6.45) is 4.24. The average molecular weight is 504 g/mol. The van der Waals surface area contributed by atoms with Crippen LogP contribution in [0.25, 0.3) is 0 Å². The van der Waals surface area contributed by atoms with Crippen LogP contribution in [0.3, 0.4) is 0 Å². The maximum Gasteiger partial charge on any atom is 0.305 e. The SMILES string of the molecule is CCOC(=O)CCCCc1cc(F)c(F)c(OC[C@H](O)CNC(C)(C)CC2Cc3ccccc3C2)c1. The molecule has 0 aromatic heterocycles. The number of β-amino-alcohol motifs (C(OH)–C–C–N with tert-alkyl or cyclic N) is 1. The second-order valence-electron chi connectivity index (χ2n) is 10.4. The first-order valence-corrected chi connectivity index (χ1v) is 12.9. The first-order valence-electron chi connectivity index (χ1n) is 12.9. The van der Waals surface area contributed by atoms with E-state index in [9.17, 15) is 18.7 Å². The maximum absolute atomic E-state index is 14.3. The number of ether oxygens (including phenoxy) is 2.